The van der Waals surface area contributed by atoms with Crippen LogP contribution < -0.4 is 21.9 Å². The van der Waals surface area contributed by atoms with Crippen LogP contribution in [0.5, 0.6) is 5.88 Å². The minimum Gasteiger partial charge on any atom is -0.494 e. The Bertz CT molecular complexity index is 1530. The molecular weight excluding hydrogens is 573 g/mol. The van der Waals surface area contributed by atoms with Crippen molar-refractivity contribution in [3.05, 3.63) is 90.5 Å². The van der Waals surface area contributed by atoms with Crippen LogP contribution in [-0.2, 0) is 14.4 Å². The number of hydrogen-bond acceptors (Lipinski definition) is 8. The first-order chi connectivity index (χ1) is 18.4. The van der Waals surface area contributed by atoms with E-state index in [0.29, 0.717) is 21.3 Å². The molecule has 1 aromatic heterocycles. The van der Waals surface area contributed by atoms with E-state index in [9.17, 15) is 24.3 Å². The van der Waals surface area contributed by atoms with Crippen molar-refractivity contribution in [3.63, 3.8) is 0 Å². The second-order valence-corrected chi connectivity index (χ2v) is 10.0. The number of carboxylic acid groups (broad SMARTS) is 1. The lowest BCUT2D eigenvalue weighted by Gasteiger charge is -2.14. The van der Waals surface area contributed by atoms with Gasteiger partial charge in [0.15, 0.2) is 5.17 Å². The minimum absolute atomic E-state index is 0.139. The molecule has 2 atom stereocenters. The van der Waals surface area contributed by atoms with E-state index in [0.717, 1.165) is 18.7 Å². The third kappa shape index (κ3) is 8.46. The van der Waals surface area contributed by atoms with Crippen LogP contribution in [0.25, 0.3) is 0 Å². The lowest BCUT2D eigenvalue weighted by Crippen LogP contribution is -2.29. The van der Waals surface area contributed by atoms with E-state index in [1.54, 1.807) is 48.5 Å². The van der Waals surface area contributed by atoms with Gasteiger partial charge in [-0.3, -0.25) is 29.1 Å². The molecule has 1 aliphatic heterocycles. The van der Waals surface area contributed by atoms with Gasteiger partial charge < -0.3 is 20.8 Å². The van der Waals surface area contributed by atoms with Gasteiger partial charge >= 0.3 is 5.69 Å². The fourth-order valence-electron chi connectivity index (χ4n) is 3.35. The summed E-state index contributed by atoms with van der Waals surface area (Å²) in [5.41, 5.74) is -0.992. The summed E-state index contributed by atoms with van der Waals surface area (Å²) in [6.45, 7) is 1.08. The third-order valence-electron chi connectivity index (χ3n) is 4.92. The zero-order valence-electron chi connectivity index (χ0n) is 20.0. The number of carboxylic acids is 1. The highest BCUT2D eigenvalue weighted by Crippen LogP contribution is 2.32. The molecule has 2 amide bonds. The van der Waals surface area contributed by atoms with Crippen molar-refractivity contribution in [2.45, 2.75) is 24.6 Å². The van der Waals surface area contributed by atoms with Crippen LogP contribution in [0, 0.1) is 0 Å². The van der Waals surface area contributed by atoms with E-state index in [2.05, 4.69) is 25.6 Å². The van der Waals surface area contributed by atoms with Gasteiger partial charge in [-0.25, -0.2) is 9.79 Å². The van der Waals surface area contributed by atoms with E-state index in [-0.39, 0.29) is 17.2 Å². The summed E-state index contributed by atoms with van der Waals surface area (Å²) in [7, 11) is 0. The molecule has 0 radical (unpaired) electrons. The summed E-state index contributed by atoms with van der Waals surface area (Å²) in [5.74, 6) is -2.33. The molecule has 2 aromatic carbocycles. The number of carbonyl (C=O) groups is 3. The smallest absolute Gasteiger partial charge is 0.328 e. The minimum atomic E-state index is -1.09. The van der Waals surface area contributed by atoms with Crippen molar-refractivity contribution in [1.29, 1.82) is 0 Å². The van der Waals surface area contributed by atoms with Gasteiger partial charge in [-0.2, -0.15) is 0 Å². The number of rotatable bonds is 6. The number of aromatic nitrogens is 2. The molecule has 2 heterocycles. The van der Waals surface area contributed by atoms with Crippen molar-refractivity contribution in [3.8, 4) is 5.88 Å². The highest BCUT2D eigenvalue weighted by molar-refractivity contribution is 8.15. The van der Waals surface area contributed by atoms with Crippen molar-refractivity contribution >= 4 is 63.6 Å². The molecule has 0 aliphatic carbocycles. The lowest BCUT2D eigenvalue weighted by molar-refractivity contribution is -0.134. The van der Waals surface area contributed by atoms with Crippen LogP contribution in [0.2, 0.25) is 10.0 Å². The summed E-state index contributed by atoms with van der Waals surface area (Å²) in [6, 6.07) is 11.9. The molecule has 0 saturated carbocycles. The normalized spacial score (nSPS) is 16.1. The van der Waals surface area contributed by atoms with Gasteiger partial charge in [-0.05, 0) is 35.9 Å². The zero-order valence-corrected chi connectivity index (χ0v) is 22.4. The largest absolute Gasteiger partial charge is 0.494 e. The molecule has 204 valence electrons. The van der Waals surface area contributed by atoms with Gasteiger partial charge in [0.2, 0.25) is 17.7 Å². The Balaban J connectivity index is 0.000000983. The van der Waals surface area contributed by atoms with Gasteiger partial charge in [0.1, 0.15) is 16.9 Å². The Hall–Kier alpha value is -4.07. The standard InChI is InChI=1S/C22H17Cl2N5O5S.C2H4O2/c23-11-6-4-10(5-7-11)17(16-19(32)27-21(34)28-20(16)33)26-22-29-18(31)14(35-22)9-15(30)25-13-3-1-2-12(24)8-13;1-2(3)4/h1-8,14,17H,9H2,(H,25,30)(H,26,29,31)(H3,27,28,32,33,34);1H3,(H,3,4). The number of nitrogens with one attached hydrogen (secondary N) is 4. The van der Waals surface area contributed by atoms with Crippen LogP contribution in [-0.4, -0.2) is 48.4 Å². The number of carbonyl (C=O) groups excluding carboxylic acids is 2. The first-order valence-corrected chi connectivity index (χ1v) is 12.7. The molecule has 0 spiro atoms. The molecule has 0 bridgehead atoms. The average Bonchev–Trinajstić information content (AvgIpc) is 3.16. The number of amidine groups is 1. The van der Waals surface area contributed by atoms with Gasteiger partial charge in [-0.1, -0.05) is 53.2 Å². The second-order valence-electron chi connectivity index (χ2n) is 7.94. The van der Waals surface area contributed by atoms with Crippen molar-refractivity contribution < 1.29 is 24.6 Å². The molecule has 3 aromatic rings. The molecule has 1 fully saturated rings. The Morgan fingerprint density at radius 2 is 1.74 bits per heavy atom. The maximum absolute atomic E-state index is 12.5. The van der Waals surface area contributed by atoms with Gasteiger partial charge in [0, 0.05) is 29.1 Å². The van der Waals surface area contributed by atoms with Crippen LogP contribution in [0.1, 0.15) is 30.5 Å². The summed E-state index contributed by atoms with van der Waals surface area (Å²) in [6.07, 6.45) is -0.141. The van der Waals surface area contributed by atoms with Crippen molar-refractivity contribution in [1.82, 2.24) is 15.3 Å². The number of aliphatic imine (C=N–C) groups is 1. The molecule has 1 aliphatic rings. The number of benzene rings is 2. The number of anilines is 1. The first kappa shape index (κ1) is 29.5. The maximum atomic E-state index is 12.5. The quantitative estimate of drug-likeness (QED) is 0.251. The molecule has 12 nitrogen and oxygen atoms in total. The number of H-pyrrole nitrogens is 2. The van der Waals surface area contributed by atoms with Crippen LogP contribution in [0.15, 0.2) is 63.1 Å². The van der Waals surface area contributed by atoms with Crippen LogP contribution in [0.4, 0.5) is 5.69 Å². The van der Waals surface area contributed by atoms with Crippen LogP contribution in [0.3, 0.4) is 0 Å². The molecule has 4 rings (SSSR count). The van der Waals surface area contributed by atoms with Crippen molar-refractivity contribution in [2.24, 2.45) is 4.99 Å². The van der Waals surface area contributed by atoms with E-state index < -0.39 is 46.2 Å². The highest BCUT2D eigenvalue weighted by Gasteiger charge is 2.33. The van der Waals surface area contributed by atoms with Crippen molar-refractivity contribution in [2.75, 3.05) is 5.32 Å². The third-order valence-corrected chi connectivity index (χ3v) is 6.50. The van der Waals surface area contributed by atoms with E-state index in [1.165, 1.54) is 0 Å². The van der Waals surface area contributed by atoms with E-state index in [1.807, 2.05) is 0 Å². The molecule has 15 heteroatoms. The molecule has 2 unspecified atom stereocenters. The number of thioether (sulfide) groups is 1. The topological polar surface area (TPSA) is 194 Å². The van der Waals surface area contributed by atoms with Gasteiger partial charge in [0.25, 0.3) is 11.5 Å². The predicted molar refractivity (Wildman–Crippen MR) is 148 cm³/mol. The van der Waals surface area contributed by atoms with Gasteiger partial charge in [0.05, 0.1) is 0 Å². The predicted octanol–water partition coefficient (Wildman–Crippen LogP) is 2.87. The second kappa shape index (κ2) is 13.1. The summed E-state index contributed by atoms with van der Waals surface area (Å²) in [4.78, 5) is 66.6. The number of aromatic hydroxyl groups is 1. The fraction of sp³-hybridized carbons (Fsp3) is 0.167. The molecule has 39 heavy (non-hydrogen) atoms. The zero-order chi connectivity index (χ0) is 28.7. The van der Waals surface area contributed by atoms with E-state index in [4.69, 9.17) is 33.1 Å². The molecule has 1 saturated heterocycles. The number of hydrogen-bond donors (Lipinski definition) is 6. The Kier molecular flexibility index (Phi) is 9.93. The van der Waals surface area contributed by atoms with Gasteiger partial charge in [-0.15, -0.1) is 0 Å². The molecular formula is C24H21Cl2N5O7S. The Morgan fingerprint density at radius 1 is 1.08 bits per heavy atom. The SMILES string of the molecule is CC(=O)O.O=C(CC1SC(=NC(c2ccc(Cl)cc2)c2c(O)[nH]c(=O)[nH]c2=O)NC1=O)Nc1cccc(Cl)c1. The molecule has 6 N–H and O–H groups in total. The monoisotopic (exact) mass is 593 g/mol. The summed E-state index contributed by atoms with van der Waals surface area (Å²) >= 11 is 12.9. The Morgan fingerprint density at radius 3 is 2.36 bits per heavy atom. The average molecular weight is 594 g/mol. The number of nitrogens with zero attached hydrogens (tertiary/aromatic N) is 1. The fourth-order valence-corrected chi connectivity index (χ4v) is 4.67. The Labute approximate surface area is 234 Å². The lowest BCUT2D eigenvalue weighted by atomic mass is 10.0. The van der Waals surface area contributed by atoms with Crippen LogP contribution >= 0.6 is 35.0 Å². The summed E-state index contributed by atoms with van der Waals surface area (Å²) in [5, 5.41) is 23.2. The number of aromatic amines is 2. The summed E-state index contributed by atoms with van der Waals surface area (Å²) < 4.78 is 0. The van der Waals surface area contributed by atoms with E-state index >= 15 is 0 Å². The first-order valence-electron chi connectivity index (χ1n) is 11.0. The highest BCUT2D eigenvalue weighted by atomic mass is 35.5. The maximum Gasteiger partial charge on any atom is 0.328 e. The number of amides is 2. The number of aliphatic carboxylic acids is 1. The number of halogens is 2.